The van der Waals surface area contributed by atoms with Crippen LogP contribution in [0, 0.1) is 21.4 Å². The van der Waals surface area contributed by atoms with Gasteiger partial charge in [0.15, 0.2) is 0 Å². The molecule has 1 aromatic heterocycles. The number of nitrogens with zero attached hydrogens (tertiary/aromatic N) is 2. The Morgan fingerprint density at radius 2 is 2.15 bits per heavy atom. The summed E-state index contributed by atoms with van der Waals surface area (Å²) in [5.74, 6) is 0.0183. The molecule has 27 heavy (non-hydrogen) atoms. The van der Waals surface area contributed by atoms with E-state index in [2.05, 4.69) is 5.32 Å². The number of nitrogens with one attached hydrogen (secondary N) is 1. The van der Waals surface area contributed by atoms with E-state index in [9.17, 15) is 20.2 Å². The number of para-hydroxylation sites is 1. The minimum Gasteiger partial charge on any atom is -0.456 e. The summed E-state index contributed by atoms with van der Waals surface area (Å²) in [6.07, 6.45) is 1.94. The van der Waals surface area contributed by atoms with Gasteiger partial charge < -0.3 is 14.5 Å². The maximum Gasteiger partial charge on any atom is 0.280 e. The van der Waals surface area contributed by atoms with Gasteiger partial charge in [0.25, 0.3) is 11.6 Å². The number of rotatable bonds is 9. The predicted octanol–water partition coefficient (Wildman–Crippen LogP) is 3.30. The first-order valence-electron chi connectivity index (χ1n) is 8.38. The zero-order valence-corrected chi connectivity index (χ0v) is 14.8. The van der Waals surface area contributed by atoms with E-state index < -0.39 is 10.8 Å². The number of hydrogen-bond donors (Lipinski definition) is 1. The number of carbonyl (C=O) groups excluding carboxylic acids is 1. The molecule has 1 N–H and O–H groups in total. The molecule has 0 atom stereocenters. The van der Waals surface area contributed by atoms with E-state index in [1.807, 2.05) is 13.0 Å². The van der Waals surface area contributed by atoms with Crippen molar-refractivity contribution in [1.82, 2.24) is 5.32 Å². The smallest absolute Gasteiger partial charge is 0.280 e. The Labute approximate surface area is 156 Å². The molecule has 0 saturated heterocycles. The normalized spacial score (nSPS) is 11.0. The summed E-state index contributed by atoms with van der Waals surface area (Å²) in [4.78, 5) is 22.7. The molecule has 0 aliphatic rings. The highest BCUT2D eigenvalue weighted by Gasteiger charge is 2.17. The van der Waals surface area contributed by atoms with E-state index in [0.717, 1.165) is 0 Å². The molecule has 0 radical (unpaired) electrons. The third-order valence-electron chi connectivity index (χ3n) is 3.60. The SMILES string of the molecule is CCOCCCNC(=O)/C(C#N)=C/c1ccc(-c2ccccc2[N+](=O)[O-])o1. The summed E-state index contributed by atoms with van der Waals surface area (Å²) in [5.41, 5.74) is 0.117. The Hall–Kier alpha value is -3.44. The summed E-state index contributed by atoms with van der Waals surface area (Å²) in [7, 11) is 0. The lowest BCUT2D eigenvalue weighted by molar-refractivity contribution is -0.384. The van der Waals surface area contributed by atoms with Crippen molar-refractivity contribution in [2.45, 2.75) is 13.3 Å². The first kappa shape index (κ1) is 19.9. The fourth-order valence-corrected chi connectivity index (χ4v) is 2.32. The highest BCUT2D eigenvalue weighted by Crippen LogP contribution is 2.31. The molecule has 0 saturated carbocycles. The van der Waals surface area contributed by atoms with Crippen molar-refractivity contribution in [3.8, 4) is 17.4 Å². The van der Waals surface area contributed by atoms with Crippen LogP contribution in [0.5, 0.6) is 0 Å². The number of hydrogen-bond acceptors (Lipinski definition) is 6. The van der Waals surface area contributed by atoms with Crippen LogP contribution in [0.3, 0.4) is 0 Å². The molecule has 0 bridgehead atoms. The predicted molar refractivity (Wildman–Crippen MR) is 98.5 cm³/mol. The zero-order chi connectivity index (χ0) is 19.6. The molecule has 8 heteroatoms. The van der Waals surface area contributed by atoms with Crippen LogP contribution in [0.1, 0.15) is 19.1 Å². The summed E-state index contributed by atoms with van der Waals surface area (Å²) in [6.45, 7) is 3.41. The van der Waals surface area contributed by atoms with Gasteiger partial charge in [-0.15, -0.1) is 0 Å². The van der Waals surface area contributed by atoms with Crippen LogP contribution in [0.25, 0.3) is 17.4 Å². The van der Waals surface area contributed by atoms with Crippen molar-refractivity contribution in [2.24, 2.45) is 0 Å². The van der Waals surface area contributed by atoms with Gasteiger partial charge in [-0.1, -0.05) is 12.1 Å². The first-order valence-corrected chi connectivity index (χ1v) is 8.38. The van der Waals surface area contributed by atoms with Crippen LogP contribution < -0.4 is 5.32 Å². The quantitative estimate of drug-likeness (QED) is 0.238. The van der Waals surface area contributed by atoms with E-state index in [-0.39, 0.29) is 22.8 Å². The first-order chi connectivity index (χ1) is 13.1. The molecule has 0 fully saturated rings. The average molecular weight is 369 g/mol. The fraction of sp³-hybridized carbons (Fsp3) is 0.263. The Bertz CT molecular complexity index is 879. The monoisotopic (exact) mass is 369 g/mol. The molecule has 1 aromatic carbocycles. The topological polar surface area (TPSA) is 118 Å². The van der Waals surface area contributed by atoms with E-state index in [4.69, 9.17) is 9.15 Å². The Balaban J connectivity index is 2.12. The van der Waals surface area contributed by atoms with Crippen LogP contribution >= 0.6 is 0 Å². The maximum absolute atomic E-state index is 12.1. The van der Waals surface area contributed by atoms with E-state index in [1.165, 1.54) is 12.1 Å². The molecule has 1 heterocycles. The van der Waals surface area contributed by atoms with Gasteiger partial charge in [-0.05, 0) is 31.5 Å². The summed E-state index contributed by atoms with van der Waals surface area (Å²) in [6, 6.07) is 11.1. The fourth-order valence-electron chi connectivity index (χ4n) is 2.32. The van der Waals surface area contributed by atoms with Gasteiger partial charge in [0.05, 0.1) is 10.5 Å². The van der Waals surface area contributed by atoms with E-state index in [0.29, 0.717) is 31.7 Å². The van der Waals surface area contributed by atoms with Crippen LogP contribution in [0.2, 0.25) is 0 Å². The molecule has 2 aromatic rings. The van der Waals surface area contributed by atoms with Gasteiger partial charge in [-0.3, -0.25) is 14.9 Å². The van der Waals surface area contributed by atoms with E-state index >= 15 is 0 Å². The van der Waals surface area contributed by atoms with Crippen molar-refractivity contribution >= 4 is 17.7 Å². The van der Waals surface area contributed by atoms with Crippen LogP contribution in [0.4, 0.5) is 5.69 Å². The van der Waals surface area contributed by atoms with Crippen LogP contribution in [0.15, 0.2) is 46.4 Å². The number of nitriles is 1. The van der Waals surface area contributed by atoms with Crippen LogP contribution in [-0.2, 0) is 9.53 Å². The van der Waals surface area contributed by atoms with Gasteiger partial charge in [0.2, 0.25) is 0 Å². The number of amides is 1. The molecule has 1 amide bonds. The maximum atomic E-state index is 12.1. The lowest BCUT2D eigenvalue weighted by Gasteiger charge is -2.04. The summed E-state index contributed by atoms with van der Waals surface area (Å²) in [5, 5.41) is 23.0. The highest BCUT2D eigenvalue weighted by atomic mass is 16.6. The number of nitro benzene ring substituents is 1. The molecule has 0 aliphatic carbocycles. The number of benzene rings is 1. The minimum atomic E-state index is -0.516. The van der Waals surface area contributed by atoms with E-state index in [1.54, 1.807) is 30.3 Å². The molecular formula is C19H19N3O5. The third-order valence-corrected chi connectivity index (χ3v) is 3.60. The Kier molecular flexibility index (Phi) is 7.28. The average Bonchev–Trinajstić information content (AvgIpc) is 3.14. The van der Waals surface area contributed by atoms with Gasteiger partial charge in [0, 0.05) is 31.9 Å². The minimum absolute atomic E-state index is 0.0880. The lowest BCUT2D eigenvalue weighted by Crippen LogP contribution is -2.26. The largest absolute Gasteiger partial charge is 0.456 e. The van der Waals surface area contributed by atoms with Gasteiger partial charge in [0.1, 0.15) is 23.2 Å². The van der Waals surface area contributed by atoms with Crippen molar-refractivity contribution in [1.29, 1.82) is 5.26 Å². The van der Waals surface area contributed by atoms with Crippen LogP contribution in [-0.4, -0.2) is 30.6 Å². The number of nitro groups is 1. The summed E-state index contributed by atoms with van der Waals surface area (Å²) >= 11 is 0. The zero-order valence-electron chi connectivity index (χ0n) is 14.8. The molecule has 140 valence electrons. The second-order valence-corrected chi connectivity index (χ2v) is 5.45. The lowest BCUT2D eigenvalue weighted by atomic mass is 10.1. The molecule has 2 rings (SSSR count). The van der Waals surface area contributed by atoms with Crippen molar-refractivity contribution < 1.29 is 18.9 Å². The summed E-state index contributed by atoms with van der Waals surface area (Å²) < 4.78 is 10.7. The van der Waals surface area contributed by atoms with Gasteiger partial charge >= 0.3 is 0 Å². The Morgan fingerprint density at radius 1 is 1.37 bits per heavy atom. The molecule has 0 spiro atoms. The second kappa shape index (κ2) is 9.89. The second-order valence-electron chi connectivity index (χ2n) is 5.45. The Morgan fingerprint density at radius 3 is 2.85 bits per heavy atom. The molecule has 8 nitrogen and oxygen atoms in total. The highest BCUT2D eigenvalue weighted by molar-refractivity contribution is 6.01. The molecule has 0 unspecified atom stereocenters. The molecule has 0 aliphatic heterocycles. The van der Waals surface area contributed by atoms with Crippen molar-refractivity contribution in [3.05, 3.63) is 57.8 Å². The number of furan rings is 1. The third kappa shape index (κ3) is 5.52. The van der Waals surface area contributed by atoms with Crippen molar-refractivity contribution in [2.75, 3.05) is 19.8 Å². The van der Waals surface area contributed by atoms with Crippen molar-refractivity contribution in [3.63, 3.8) is 0 Å². The molecular weight excluding hydrogens is 350 g/mol. The number of carbonyl (C=O) groups is 1. The van der Waals surface area contributed by atoms with Gasteiger partial charge in [-0.25, -0.2) is 0 Å². The standard InChI is InChI=1S/C19H19N3O5/c1-2-26-11-5-10-21-19(23)14(13-20)12-15-8-9-18(27-15)16-6-3-4-7-17(16)22(24)25/h3-4,6-9,12H,2,5,10-11H2,1H3,(H,21,23)/b14-12+. The number of ether oxygens (including phenoxy) is 1. The van der Waals surface area contributed by atoms with Gasteiger partial charge in [-0.2, -0.15) is 5.26 Å².